The van der Waals surface area contributed by atoms with Crippen molar-refractivity contribution < 1.29 is 13.8 Å². The van der Waals surface area contributed by atoms with Gasteiger partial charge in [-0.15, -0.1) is 10.8 Å². The van der Waals surface area contributed by atoms with Crippen LogP contribution < -0.4 is 14.6 Å². The highest BCUT2D eigenvalue weighted by molar-refractivity contribution is 8.25. The maximum Gasteiger partial charge on any atom is 0.262 e. The number of fused-ring (bicyclic) bond motifs is 1. The Morgan fingerprint density at radius 2 is 1.97 bits per heavy atom. The van der Waals surface area contributed by atoms with Gasteiger partial charge in [0.05, 0.1) is 29.8 Å². The van der Waals surface area contributed by atoms with E-state index >= 15 is 0 Å². The first-order valence-corrected chi connectivity index (χ1v) is 12.8. The summed E-state index contributed by atoms with van der Waals surface area (Å²) in [5.41, 5.74) is 2.52. The number of aromatic amines is 1. The van der Waals surface area contributed by atoms with E-state index in [9.17, 15) is 13.9 Å². The molecule has 3 N–H and O–H groups in total. The smallest absolute Gasteiger partial charge is 0.262 e. The number of H-pyrrole nitrogens is 1. The summed E-state index contributed by atoms with van der Waals surface area (Å²) in [7, 11) is 0.572. The molecule has 3 heterocycles. The molecular formula is C22H29N5O4S. The van der Waals surface area contributed by atoms with Crippen LogP contribution in [0.25, 0.3) is 22.4 Å². The minimum atomic E-state index is -2.80. The zero-order valence-corrected chi connectivity index (χ0v) is 19.2. The van der Waals surface area contributed by atoms with Crippen LogP contribution in [0.4, 0.5) is 5.69 Å². The van der Waals surface area contributed by atoms with Crippen LogP contribution >= 0.6 is 10.8 Å². The number of rotatable bonds is 4. The number of benzene rings is 1. The number of anilines is 1. The van der Waals surface area contributed by atoms with E-state index in [0.717, 1.165) is 37.8 Å². The zero-order chi connectivity index (χ0) is 22.5. The molecule has 2 fully saturated rings. The van der Waals surface area contributed by atoms with Gasteiger partial charge >= 0.3 is 0 Å². The van der Waals surface area contributed by atoms with Crippen LogP contribution in [0.1, 0.15) is 50.1 Å². The summed E-state index contributed by atoms with van der Waals surface area (Å²) in [5.74, 6) is 1.57. The normalized spacial score (nSPS) is 20.1. The zero-order valence-electron chi connectivity index (χ0n) is 18.4. The molecular weight excluding hydrogens is 430 g/mol. The molecule has 3 aromatic rings. The van der Waals surface area contributed by atoms with Crippen LogP contribution in [0.2, 0.25) is 0 Å². The van der Waals surface area contributed by atoms with E-state index in [1.807, 2.05) is 7.05 Å². The Hall–Kier alpha value is -2.56. The lowest BCUT2D eigenvalue weighted by atomic mass is 9.86. The standard InChI is InChI=1S/C22H29N5O4S/c1-26-21-18(19(25-26)14-7-4-3-5-8-14)22(28)24-20(23-21)16-10-9-15(13-17(16)31-2)27-11-6-12-32(27,29)30/h9-10,13-14,29-30H,3-8,11-12H2,1-2H3,(H,23,24,28). The SMILES string of the molecule is COc1cc(N2CCCS2(O)O)ccc1-c1nc2c(c(C3CCCCC3)nn2C)c(=O)[nH]1. The highest BCUT2D eigenvalue weighted by atomic mass is 32.3. The Bertz CT molecular complexity index is 1210. The van der Waals surface area contributed by atoms with Gasteiger partial charge < -0.3 is 9.72 Å². The molecule has 0 unspecified atom stereocenters. The van der Waals surface area contributed by atoms with Crippen molar-refractivity contribution in [2.24, 2.45) is 7.05 Å². The lowest BCUT2D eigenvalue weighted by Gasteiger charge is -2.38. The predicted octanol–water partition coefficient (Wildman–Crippen LogP) is 4.26. The van der Waals surface area contributed by atoms with Crippen LogP contribution in [0, 0.1) is 0 Å². The van der Waals surface area contributed by atoms with E-state index in [1.54, 1.807) is 34.3 Å². The van der Waals surface area contributed by atoms with E-state index in [-0.39, 0.29) is 5.56 Å². The molecule has 0 atom stereocenters. The van der Waals surface area contributed by atoms with Crippen LogP contribution in [-0.4, -0.2) is 48.3 Å². The Morgan fingerprint density at radius 3 is 2.66 bits per heavy atom. The monoisotopic (exact) mass is 459 g/mol. The Kier molecular flexibility index (Phi) is 5.39. The van der Waals surface area contributed by atoms with E-state index in [0.29, 0.717) is 52.1 Å². The number of hydrogen-bond donors (Lipinski definition) is 3. The maximum atomic E-state index is 13.1. The largest absolute Gasteiger partial charge is 0.496 e. The molecule has 2 aromatic heterocycles. The fraction of sp³-hybridized carbons (Fsp3) is 0.500. The third kappa shape index (κ3) is 3.56. The highest BCUT2D eigenvalue weighted by Crippen LogP contribution is 2.51. The summed E-state index contributed by atoms with van der Waals surface area (Å²) in [6.07, 6.45) is 6.40. The second-order valence-corrected chi connectivity index (χ2v) is 10.7. The minimum Gasteiger partial charge on any atom is -0.496 e. The number of ether oxygens (including phenoxy) is 1. The van der Waals surface area contributed by atoms with Crippen LogP contribution in [0.3, 0.4) is 0 Å². The van der Waals surface area contributed by atoms with Crippen LogP contribution in [0.5, 0.6) is 5.75 Å². The summed E-state index contributed by atoms with van der Waals surface area (Å²) in [4.78, 5) is 20.8. The minimum absolute atomic E-state index is 0.196. The fourth-order valence-electron chi connectivity index (χ4n) is 4.96. The molecule has 32 heavy (non-hydrogen) atoms. The first kappa shape index (κ1) is 21.3. The molecule has 10 heteroatoms. The number of aryl methyl sites for hydroxylation is 1. The van der Waals surface area contributed by atoms with E-state index in [1.165, 1.54) is 6.42 Å². The van der Waals surface area contributed by atoms with Crippen molar-refractivity contribution in [3.8, 4) is 17.1 Å². The van der Waals surface area contributed by atoms with Gasteiger partial charge in [-0.25, -0.2) is 9.67 Å². The number of hydrogen-bond acceptors (Lipinski definition) is 7. The molecule has 0 spiro atoms. The lowest BCUT2D eigenvalue weighted by molar-refractivity contribution is 0.416. The maximum absolute atomic E-state index is 13.1. The van der Waals surface area contributed by atoms with Gasteiger partial charge in [0, 0.05) is 25.6 Å². The molecule has 172 valence electrons. The molecule has 0 amide bonds. The number of nitrogens with zero attached hydrogens (tertiary/aromatic N) is 4. The summed E-state index contributed by atoms with van der Waals surface area (Å²) in [5, 5.41) is 5.25. The lowest BCUT2D eigenvalue weighted by Crippen LogP contribution is -2.21. The second-order valence-electron chi connectivity index (χ2n) is 8.63. The van der Waals surface area contributed by atoms with Crippen molar-refractivity contribution >= 4 is 27.5 Å². The van der Waals surface area contributed by atoms with Crippen molar-refractivity contribution in [3.63, 3.8) is 0 Å². The molecule has 2 aliphatic rings. The molecule has 1 aromatic carbocycles. The summed E-state index contributed by atoms with van der Waals surface area (Å²) in [6, 6.07) is 5.36. The molecule has 0 bridgehead atoms. The topological polar surface area (TPSA) is 116 Å². The number of methoxy groups -OCH3 is 1. The molecule has 1 saturated carbocycles. The molecule has 1 aliphatic heterocycles. The molecule has 1 aliphatic carbocycles. The van der Waals surface area contributed by atoms with Gasteiger partial charge in [0.2, 0.25) is 0 Å². The quantitative estimate of drug-likeness (QED) is 0.534. The first-order chi connectivity index (χ1) is 15.4. The second kappa shape index (κ2) is 8.09. The molecule has 9 nitrogen and oxygen atoms in total. The van der Waals surface area contributed by atoms with Gasteiger partial charge in [0.15, 0.2) is 5.65 Å². The molecule has 0 radical (unpaired) electrons. The average Bonchev–Trinajstić information content (AvgIpc) is 3.33. The predicted molar refractivity (Wildman–Crippen MR) is 127 cm³/mol. The van der Waals surface area contributed by atoms with Crippen molar-refractivity contribution in [2.45, 2.75) is 44.4 Å². The van der Waals surface area contributed by atoms with Crippen molar-refractivity contribution in [3.05, 3.63) is 34.2 Å². The summed E-state index contributed by atoms with van der Waals surface area (Å²) >= 11 is 0. The van der Waals surface area contributed by atoms with Gasteiger partial charge in [-0.1, -0.05) is 19.3 Å². The number of aromatic nitrogens is 4. The Morgan fingerprint density at radius 1 is 1.19 bits per heavy atom. The van der Waals surface area contributed by atoms with Crippen LogP contribution in [0.15, 0.2) is 23.0 Å². The third-order valence-corrected chi connectivity index (χ3v) is 8.51. The Balaban J connectivity index is 1.57. The van der Waals surface area contributed by atoms with Crippen LogP contribution in [-0.2, 0) is 7.05 Å². The fourth-order valence-corrected chi connectivity index (χ4v) is 6.57. The van der Waals surface area contributed by atoms with Gasteiger partial charge in [0.1, 0.15) is 17.0 Å². The van der Waals surface area contributed by atoms with E-state index < -0.39 is 10.8 Å². The van der Waals surface area contributed by atoms with Gasteiger partial charge in [0.25, 0.3) is 5.56 Å². The van der Waals surface area contributed by atoms with Gasteiger partial charge in [-0.2, -0.15) is 5.10 Å². The first-order valence-electron chi connectivity index (χ1n) is 11.1. The van der Waals surface area contributed by atoms with E-state index in [4.69, 9.17) is 9.72 Å². The van der Waals surface area contributed by atoms with Crippen molar-refractivity contribution in [1.29, 1.82) is 0 Å². The summed E-state index contributed by atoms with van der Waals surface area (Å²) < 4.78 is 29.5. The number of nitrogens with one attached hydrogen (secondary N) is 1. The van der Waals surface area contributed by atoms with Crippen molar-refractivity contribution in [2.75, 3.05) is 23.7 Å². The average molecular weight is 460 g/mol. The third-order valence-electron chi connectivity index (χ3n) is 6.57. The van der Waals surface area contributed by atoms with E-state index in [2.05, 4.69) is 10.1 Å². The van der Waals surface area contributed by atoms with Gasteiger partial charge in [-0.05, 0) is 31.4 Å². The Labute approximate surface area is 187 Å². The molecule has 5 rings (SSSR count). The van der Waals surface area contributed by atoms with Gasteiger partial charge in [-0.3, -0.25) is 18.2 Å². The summed E-state index contributed by atoms with van der Waals surface area (Å²) in [6.45, 7) is 0.574. The highest BCUT2D eigenvalue weighted by Gasteiger charge is 2.30. The molecule has 1 saturated heterocycles. The van der Waals surface area contributed by atoms with Crippen molar-refractivity contribution in [1.82, 2.24) is 19.7 Å².